The van der Waals surface area contributed by atoms with Crippen LogP contribution in [0.5, 0.6) is 5.75 Å². The summed E-state index contributed by atoms with van der Waals surface area (Å²) >= 11 is 5.87. The van der Waals surface area contributed by atoms with Gasteiger partial charge in [0.25, 0.3) is 0 Å². The van der Waals surface area contributed by atoms with Gasteiger partial charge >= 0.3 is 0 Å². The fourth-order valence-corrected chi connectivity index (χ4v) is 3.68. The molecule has 6 nitrogen and oxygen atoms in total. The molecule has 0 spiro atoms. The van der Waals surface area contributed by atoms with Crippen LogP contribution in [0.2, 0.25) is 5.15 Å². The van der Waals surface area contributed by atoms with Gasteiger partial charge in [-0.2, -0.15) is 9.65 Å². The number of nitrogens with zero attached hydrogens (tertiary/aromatic N) is 3. The Morgan fingerprint density at radius 2 is 2.03 bits per heavy atom. The minimum Gasteiger partial charge on any atom is -0.483 e. The van der Waals surface area contributed by atoms with Crippen LogP contribution >= 0.6 is 11.6 Å². The van der Waals surface area contributed by atoms with Crippen molar-refractivity contribution in [2.75, 3.05) is 0 Å². The number of rotatable bonds is 4. The average Bonchev–Trinajstić information content (AvgIpc) is 2.77. The maximum atomic E-state index is 14.4. The molecule has 3 heterocycles. The number of pyridine rings is 2. The van der Waals surface area contributed by atoms with Crippen LogP contribution in [-0.2, 0) is 0 Å². The zero-order valence-corrected chi connectivity index (χ0v) is 18.2. The Hall–Kier alpha value is -3.76. The molecule has 3 aromatic heterocycles. The first-order chi connectivity index (χ1) is 15.3. The van der Waals surface area contributed by atoms with E-state index in [1.807, 2.05) is 19.1 Å². The smallest absolute Gasteiger partial charge is 0.223 e. The highest BCUT2D eigenvalue weighted by molar-refractivity contribution is 6.29. The molecule has 0 amide bonds. The normalized spacial score (nSPS) is 11.9. The molecule has 0 aliphatic heterocycles. The fraction of sp³-hybridized carbons (Fsp3) is 0.167. The highest BCUT2D eigenvalue weighted by atomic mass is 35.5. The second kappa shape index (κ2) is 8.40. The number of aromatic nitrogens is 2. The van der Waals surface area contributed by atoms with E-state index in [1.54, 1.807) is 32.0 Å². The van der Waals surface area contributed by atoms with Crippen molar-refractivity contribution >= 4 is 22.6 Å². The summed E-state index contributed by atoms with van der Waals surface area (Å²) in [5.74, 6) is -0.384. The molecule has 1 atom stereocenters. The number of hydrogen-bond donors (Lipinski definition) is 0. The van der Waals surface area contributed by atoms with E-state index in [2.05, 4.69) is 9.97 Å². The second-order valence-corrected chi connectivity index (χ2v) is 7.70. The number of aryl methyl sites for hydroxylation is 1. The van der Waals surface area contributed by atoms with E-state index < -0.39 is 12.1 Å². The molecule has 4 aromatic rings. The van der Waals surface area contributed by atoms with Gasteiger partial charge in [0.05, 0.1) is 10.9 Å². The van der Waals surface area contributed by atoms with Gasteiger partial charge in [0.1, 0.15) is 28.7 Å². The Balaban J connectivity index is 1.91. The summed E-state index contributed by atoms with van der Waals surface area (Å²) < 4.78 is 26.5. The monoisotopic (exact) mass is 449 g/mol. The number of fused-ring (bicyclic) bond motifs is 1. The fourth-order valence-electron chi connectivity index (χ4n) is 3.53. The molecule has 0 aliphatic rings. The molecule has 160 valence electrons. The first kappa shape index (κ1) is 21.5. The van der Waals surface area contributed by atoms with Crippen LogP contribution in [0, 0.1) is 31.1 Å². The van der Waals surface area contributed by atoms with Crippen LogP contribution in [0.3, 0.4) is 0 Å². The molecule has 0 saturated carbocycles. The Morgan fingerprint density at radius 1 is 1.25 bits per heavy atom. The standard InChI is InChI=1S/C24H17ClFN3O3/c1-12-9-16(14(3)31-19-6-7-20(25)29-18(19)11-27)23-17(10-12)21(30)13(2)22(32-23)15-5-4-8-28-24(15)26/h4-10,14H,1-3H3/t14-/m1/s1. The molecule has 0 fully saturated rings. The lowest BCUT2D eigenvalue weighted by Gasteiger charge is -2.18. The topological polar surface area (TPSA) is 89.0 Å². The lowest BCUT2D eigenvalue weighted by atomic mass is 10.00. The summed E-state index contributed by atoms with van der Waals surface area (Å²) in [6, 6.07) is 11.6. The van der Waals surface area contributed by atoms with Crippen molar-refractivity contribution in [2.24, 2.45) is 0 Å². The minimum atomic E-state index is -0.734. The Labute approximate surface area is 187 Å². The van der Waals surface area contributed by atoms with Gasteiger partial charge in [-0.05, 0) is 62.7 Å². The number of hydrogen-bond acceptors (Lipinski definition) is 6. The molecule has 1 aromatic carbocycles. The van der Waals surface area contributed by atoms with E-state index >= 15 is 0 Å². The van der Waals surface area contributed by atoms with Crippen LogP contribution in [0.25, 0.3) is 22.3 Å². The van der Waals surface area contributed by atoms with Crippen molar-refractivity contribution in [3.8, 4) is 23.1 Å². The largest absolute Gasteiger partial charge is 0.483 e. The molecular formula is C24H17ClFN3O3. The summed E-state index contributed by atoms with van der Waals surface area (Å²) in [5, 5.41) is 9.88. The first-order valence-electron chi connectivity index (χ1n) is 9.72. The molecule has 32 heavy (non-hydrogen) atoms. The number of ether oxygens (including phenoxy) is 1. The van der Waals surface area contributed by atoms with Crippen molar-refractivity contribution in [3.05, 3.63) is 86.3 Å². The molecule has 0 radical (unpaired) electrons. The van der Waals surface area contributed by atoms with Crippen LogP contribution in [0.4, 0.5) is 4.39 Å². The lowest BCUT2D eigenvalue weighted by Crippen LogP contribution is -2.12. The molecule has 0 N–H and O–H groups in total. The summed E-state index contributed by atoms with van der Waals surface area (Å²) in [5.41, 5.74) is 1.81. The van der Waals surface area contributed by atoms with E-state index in [9.17, 15) is 14.4 Å². The van der Waals surface area contributed by atoms with Gasteiger partial charge in [-0.1, -0.05) is 11.6 Å². The van der Waals surface area contributed by atoms with Crippen LogP contribution < -0.4 is 10.2 Å². The van der Waals surface area contributed by atoms with Gasteiger partial charge in [-0.25, -0.2) is 9.97 Å². The highest BCUT2D eigenvalue weighted by Gasteiger charge is 2.22. The second-order valence-electron chi connectivity index (χ2n) is 7.31. The Morgan fingerprint density at radius 3 is 2.75 bits per heavy atom. The van der Waals surface area contributed by atoms with E-state index in [4.69, 9.17) is 20.8 Å². The van der Waals surface area contributed by atoms with E-state index in [1.165, 1.54) is 18.3 Å². The Bertz CT molecular complexity index is 1460. The van der Waals surface area contributed by atoms with E-state index in [0.29, 0.717) is 10.9 Å². The molecule has 0 saturated heterocycles. The van der Waals surface area contributed by atoms with Gasteiger partial charge in [0, 0.05) is 17.3 Å². The van der Waals surface area contributed by atoms with E-state index in [0.717, 1.165) is 5.56 Å². The lowest BCUT2D eigenvalue weighted by molar-refractivity contribution is 0.225. The molecule has 0 aliphatic carbocycles. The van der Waals surface area contributed by atoms with Gasteiger partial charge in [0.15, 0.2) is 16.9 Å². The quantitative estimate of drug-likeness (QED) is 0.373. The van der Waals surface area contributed by atoms with Crippen LogP contribution in [-0.4, -0.2) is 9.97 Å². The molecule has 0 bridgehead atoms. The van der Waals surface area contributed by atoms with E-state index in [-0.39, 0.29) is 44.5 Å². The molecule has 4 rings (SSSR count). The third-order valence-corrected chi connectivity index (χ3v) is 5.28. The van der Waals surface area contributed by atoms with Gasteiger partial charge in [-0.3, -0.25) is 4.79 Å². The van der Waals surface area contributed by atoms with Crippen molar-refractivity contribution in [1.82, 2.24) is 9.97 Å². The zero-order valence-electron chi connectivity index (χ0n) is 17.4. The third-order valence-electron chi connectivity index (χ3n) is 5.07. The summed E-state index contributed by atoms with van der Waals surface area (Å²) in [4.78, 5) is 20.8. The van der Waals surface area contributed by atoms with Crippen LogP contribution in [0.15, 0.2) is 51.8 Å². The van der Waals surface area contributed by atoms with Gasteiger partial charge in [0.2, 0.25) is 5.95 Å². The summed E-state index contributed by atoms with van der Waals surface area (Å²) in [6.07, 6.45) is 0.704. The van der Waals surface area contributed by atoms with Crippen LogP contribution in [0.1, 0.15) is 35.4 Å². The third kappa shape index (κ3) is 3.81. The minimum absolute atomic E-state index is 0.0386. The van der Waals surface area contributed by atoms with Crippen molar-refractivity contribution < 1.29 is 13.5 Å². The molecule has 8 heteroatoms. The molecule has 0 unspecified atom stereocenters. The zero-order chi connectivity index (χ0) is 23.0. The highest BCUT2D eigenvalue weighted by Crippen LogP contribution is 2.33. The Kier molecular flexibility index (Phi) is 5.64. The average molecular weight is 450 g/mol. The number of halogens is 2. The summed E-state index contributed by atoms with van der Waals surface area (Å²) in [6.45, 7) is 5.20. The summed E-state index contributed by atoms with van der Waals surface area (Å²) in [7, 11) is 0. The maximum absolute atomic E-state index is 14.4. The van der Waals surface area contributed by atoms with Crippen molar-refractivity contribution in [3.63, 3.8) is 0 Å². The first-order valence-corrected chi connectivity index (χ1v) is 10.1. The predicted molar refractivity (Wildman–Crippen MR) is 118 cm³/mol. The SMILES string of the molecule is Cc1cc([C@@H](C)Oc2ccc(Cl)nc2C#N)c2oc(-c3cccnc3F)c(C)c(=O)c2c1. The van der Waals surface area contributed by atoms with Gasteiger partial charge in [-0.15, -0.1) is 0 Å². The van der Waals surface area contributed by atoms with Crippen molar-refractivity contribution in [2.45, 2.75) is 26.9 Å². The van der Waals surface area contributed by atoms with Gasteiger partial charge < -0.3 is 9.15 Å². The number of nitriles is 1. The maximum Gasteiger partial charge on any atom is 0.223 e. The van der Waals surface area contributed by atoms with Crippen molar-refractivity contribution in [1.29, 1.82) is 5.26 Å². The molecular weight excluding hydrogens is 433 g/mol. The number of benzene rings is 1. The predicted octanol–water partition coefficient (Wildman–Crippen LogP) is 5.67.